The Bertz CT molecular complexity index is 550. The molecule has 0 aliphatic heterocycles. The Morgan fingerprint density at radius 1 is 1.47 bits per heavy atom. The van der Waals surface area contributed by atoms with Crippen LogP contribution in [0.2, 0.25) is 0 Å². The second kappa shape index (κ2) is 3.84. The van der Waals surface area contributed by atoms with Crippen LogP contribution < -0.4 is 5.73 Å². The maximum atomic E-state index is 5.91. The summed E-state index contributed by atoms with van der Waals surface area (Å²) in [5.74, 6) is 0.707. The minimum Gasteiger partial charge on any atom is -0.328 e. The highest BCUT2D eigenvalue weighted by Gasteiger charge is 2.28. The molecule has 2 aromatic rings. The van der Waals surface area contributed by atoms with Gasteiger partial charge in [-0.05, 0) is 38.8 Å². The Kier molecular flexibility index (Phi) is 2.44. The molecule has 90 valence electrons. The van der Waals surface area contributed by atoms with Crippen molar-refractivity contribution in [2.75, 3.05) is 0 Å². The van der Waals surface area contributed by atoms with E-state index in [4.69, 9.17) is 10.7 Å². The van der Waals surface area contributed by atoms with E-state index in [1.807, 2.05) is 6.92 Å². The molecular formula is C14H19N3. The molecule has 1 saturated carbocycles. The first kappa shape index (κ1) is 10.8. The van der Waals surface area contributed by atoms with E-state index in [1.165, 1.54) is 29.9 Å². The van der Waals surface area contributed by atoms with Crippen LogP contribution in [0, 0.1) is 6.92 Å². The normalized spacial score (nSPS) is 17.6. The number of aryl methyl sites for hydroxylation is 1. The largest absolute Gasteiger partial charge is 0.328 e. The Morgan fingerprint density at radius 3 is 2.88 bits per heavy atom. The summed E-state index contributed by atoms with van der Waals surface area (Å²) in [6.45, 7) is 4.23. The van der Waals surface area contributed by atoms with Crippen molar-refractivity contribution in [3.05, 3.63) is 35.3 Å². The molecule has 3 nitrogen and oxygen atoms in total. The predicted octanol–water partition coefficient (Wildman–Crippen LogP) is 2.41. The van der Waals surface area contributed by atoms with Crippen LogP contribution in [0.4, 0.5) is 0 Å². The van der Waals surface area contributed by atoms with Crippen LogP contribution in [-0.2, 0) is 6.42 Å². The maximum absolute atomic E-state index is 5.91. The summed E-state index contributed by atoms with van der Waals surface area (Å²) in [7, 11) is 0. The zero-order valence-electron chi connectivity index (χ0n) is 10.5. The average molecular weight is 229 g/mol. The third-order valence-electron chi connectivity index (χ3n) is 3.49. The van der Waals surface area contributed by atoms with Crippen molar-refractivity contribution < 1.29 is 0 Å². The lowest BCUT2D eigenvalue weighted by Gasteiger charge is -2.09. The molecule has 0 radical (unpaired) electrons. The molecule has 2 N–H and O–H groups in total. The minimum atomic E-state index is 0.187. The summed E-state index contributed by atoms with van der Waals surface area (Å²) in [4.78, 5) is 4.76. The number of nitrogens with zero attached hydrogens (tertiary/aromatic N) is 2. The highest BCUT2D eigenvalue weighted by Crippen LogP contribution is 2.41. The van der Waals surface area contributed by atoms with Crippen LogP contribution in [0.15, 0.2) is 18.2 Å². The fourth-order valence-corrected chi connectivity index (χ4v) is 2.57. The van der Waals surface area contributed by atoms with Crippen LogP contribution in [0.25, 0.3) is 5.65 Å². The molecule has 0 bridgehead atoms. The molecule has 1 aliphatic carbocycles. The van der Waals surface area contributed by atoms with Crippen molar-refractivity contribution >= 4 is 5.65 Å². The Hall–Kier alpha value is -1.35. The first-order valence-corrected chi connectivity index (χ1v) is 6.39. The van der Waals surface area contributed by atoms with Gasteiger partial charge in [-0.3, -0.25) is 0 Å². The molecule has 2 aromatic heterocycles. The smallest absolute Gasteiger partial charge is 0.137 e. The average Bonchev–Trinajstić information content (AvgIpc) is 3.04. The van der Waals surface area contributed by atoms with E-state index in [0.717, 1.165) is 12.1 Å². The molecule has 0 aromatic carbocycles. The van der Waals surface area contributed by atoms with Gasteiger partial charge in [-0.15, -0.1) is 0 Å². The van der Waals surface area contributed by atoms with E-state index in [2.05, 4.69) is 29.5 Å². The molecule has 3 heteroatoms. The lowest BCUT2D eigenvalue weighted by atomic mass is 10.1. The number of pyridine rings is 1. The van der Waals surface area contributed by atoms with Gasteiger partial charge < -0.3 is 10.1 Å². The molecule has 1 unspecified atom stereocenters. The lowest BCUT2D eigenvalue weighted by Crippen LogP contribution is -2.19. The van der Waals surface area contributed by atoms with Gasteiger partial charge in [0.15, 0.2) is 0 Å². The van der Waals surface area contributed by atoms with Crippen LogP contribution in [0.5, 0.6) is 0 Å². The van der Waals surface area contributed by atoms with Gasteiger partial charge in [0.05, 0.1) is 5.69 Å². The predicted molar refractivity (Wildman–Crippen MR) is 69.3 cm³/mol. The van der Waals surface area contributed by atoms with Gasteiger partial charge in [-0.25, -0.2) is 4.98 Å². The number of nitrogens with two attached hydrogens (primary N) is 1. The second-order valence-electron chi connectivity index (χ2n) is 5.25. The number of hydrogen-bond acceptors (Lipinski definition) is 2. The van der Waals surface area contributed by atoms with Crippen molar-refractivity contribution in [1.82, 2.24) is 9.38 Å². The van der Waals surface area contributed by atoms with Gasteiger partial charge >= 0.3 is 0 Å². The summed E-state index contributed by atoms with van der Waals surface area (Å²) in [5, 5.41) is 0. The number of rotatable bonds is 3. The second-order valence-corrected chi connectivity index (χ2v) is 5.25. The van der Waals surface area contributed by atoms with E-state index >= 15 is 0 Å². The van der Waals surface area contributed by atoms with E-state index in [-0.39, 0.29) is 6.04 Å². The fraction of sp³-hybridized carbons (Fsp3) is 0.500. The van der Waals surface area contributed by atoms with Crippen molar-refractivity contribution in [1.29, 1.82) is 0 Å². The summed E-state index contributed by atoms with van der Waals surface area (Å²) < 4.78 is 2.27. The van der Waals surface area contributed by atoms with Crippen LogP contribution >= 0.6 is 0 Å². The molecule has 0 amide bonds. The van der Waals surface area contributed by atoms with Gasteiger partial charge in [0.1, 0.15) is 5.65 Å². The summed E-state index contributed by atoms with van der Waals surface area (Å²) in [6, 6.07) is 6.51. The van der Waals surface area contributed by atoms with Crippen LogP contribution in [0.3, 0.4) is 0 Å². The third kappa shape index (κ3) is 1.84. The summed E-state index contributed by atoms with van der Waals surface area (Å²) in [5.41, 5.74) is 10.9. The molecule has 1 aliphatic rings. The van der Waals surface area contributed by atoms with Gasteiger partial charge in [0.2, 0.25) is 0 Å². The zero-order valence-corrected chi connectivity index (χ0v) is 10.5. The SMILES string of the molecule is Cc1c(C2CC2)nc2cccc(CC(C)N)n12. The minimum absolute atomic E-state index is 0.187. The molecule has 0 spiro atoms. The quantitative estimate of drug-likeness (QED) is 0.878. The number of fused-ring (bicyclic) bond motifs is 1. The number of hydrogen-bond donors (Lipinski definition) is 1. The molecule has 1 fully saturated rings. The topological polar surface area (TPSA) is 43.3 Å². The van der Waals surface area contributed by atoms with E-state index < -0.39 is 0 Å². The molecule has 1 atom stereocenters. The molecule has 17 heavy (non-hydrogen) atoms. The zero-order chi connectivity index (χ0) is 12.0. The monoisotopic (exact) mass is 229 g/mol. The van der Waals surface area contributed by atoms with Crippen molar-refractivity contribution in [2.24, 2.45) is 5.73 Å². The first-order valence-electron chi connectivity index (χ1n) is 6.39. The lowest BCUT2D eigenvalue weighted by molar-refractivity contribution is 0.711. The van der Waals surface area contributed by atoms with E-state index in [1.54, 1.807) is 0 Å². The van der Waals surface area contributed by atoms with Crippen LogP contribution in [-0.4, -0.2) is 15.4 Å². The maximum Gasteiger partial charge on any atom is 0.137 e. The highest BCUT2D eigenvalue weighted by atomic mass is 15.0. The van der Waals surface area contributed by atoms with Crippen LogP contribution in [0.1, 0.15) is 42.8 Å². The Balaban J connectivity index is 2.15. The van der Waals surface area contributed by atoms with Crippen molar-refractivity contribution in [3.63, 3.8) is 0 Å². The molecule has 0 saturated heterocycles. The Labute approximate surface area is 102 Å². The summed E-state index contributed by atoms with van der Waals surface area (Å²) in [6.07, 6.45) is 3.50. The molecule has 2 heterocycles. The van der Waals surface area contributed by atoms with Gasteiger partial charge in [0, 0.05) is 29.8 Å². The summed E-state index contributed by atoms with van der Waals surface area (Å²) >= 11 is 0. The van der Waals surface area contributed by atoms with Gasteiger partial charge in [-0.2, -0.15) is 0 Å². The standard InChI is InChI=1S/C14H19N3/c1-9(15)8-12-4-3-5-13-16-14(11-6-7-11)10(2)17(12)13/h3-5,9,11H,6-8,15H2,1-2H3. The number of imidazole rings is 1. The van der Waals surface area contributed by atoms with Gasteiger partial charge in [-0.1, -0.05) is 6.07 Å². The van der Waals surface area contributed by atoms with Gasteiger partial charge in [0.25, 0.3) is 0 Å². The van der Waals surface area contributed by atoms with Crippen molar-refractivity contribution in [3.8, 4) is 0 Å². The first-order chi connectivity index (χ1) is 8.16. The number of aromatic nitrogens is 2. The fourth-order valence-electron chi connectivity index (χ4n) is 2.57. The third-order valence-corrected chi connectivity index (χ3v) is 3.49. The van der Waals surface area contributed by atoms with E-state index in [0.29, 0.717) is 5.92 Å². The molecule has 3 rings (SSSR count). The molecular weight excluding hydrogens is 210 g/mol. The van der Waals surface area contributed by atoms with E-state index in [9.17, 15) is 0 Å². The Morgan fingerprint density at radius 2 is 2.24 bits per heavy atom. The van der Waals surface area contributed by atoms with Crippen molar-refractivity contribution in [2.45, 2.75) is 45.1 Å². The highest BCUT2D eigenvalue weighted by molar-refractivity contribution is 5.46.